The number of amides is 2. The van der Waals surface area contributed by atoms with E-state index in [4.69, 9.17) is 0 Å². The maximum absolute atomic E-state index is 10.6. The van der Waals surface area contributed by atoms with E-state index < -0.39 is 0 Å². The first-order chi connectivity index (χ1) is 11.4. The van der Waals surface area contributed by atoms with E-state index in [2.05, 4.69) is 55.8 Å². The predicted octanol–water partition coefficient (Wildman–Crippen LogP) is 5.76. The molecule has 2 amide bonds. The number of rotatable bonds is 4. The van der Waals surface area contributed by atoms with Crippen molar-refractivity contribution >= 4 is 57.0 Å². The van der Waals surface area contributed by atoms with Gasteiger partial charge in [0.25, 0.3) is 0 Å². The van der Waals surface area contributed by atoms with Crippen molar-refractivity contribution in [1.82, 2.24) is 10.6 Å². The van der Waals surface area contributed by atoms with Gasteiger partial charge in [-0.25, -0.2) is 0 Å². The molecule has 0 radical (unpaired) electrons. The molecule has 0 heterocycles. The van der Waals surface area contributed by atoms with Crippen molar-refractivity contribution in [2.24, 2.45) is 0 Å². The number of hydrogen-bond acceptors (Lipinski definition) is 2. The fraction of sp³-hybridized carbons (Fsp3) is 0.333. The Morgan fingerprint density at radius 1 is 0.778 bits per heavy atom. The summed E-state index contributed by atoms with van der Waals surface area (Å²) in [6.45, 7) is 4.28. The minimum Gasteiger partial charge on any atom is -0.352 e. The summed E-state index contributed by atoms with van der Waals surface area (Å²) in [7, 11) is 0. The highest BCUT2D eigenvalue weighted by atomic mass is 127. The van der Waals surface area contributed by atoms with Crippen LogP contribution in [0, 0.1) is 7.14 Å². The molecule has 0 aliphatic heterocycles. The molecule has 0 bridgehead atoms. The molecule has 0 aromatic heterocycles. The van der Waals surface area contributed by atoms with E-state index in [1.807, 2.05) is 48.5 Å². The quantitative estimate of drug-likeness (QED) is 0.443. The first-order valence-electron chi connectivity index (χ1n) is 7.34. The van der Waals surface area contributed by atoms with Crippen LogP contribution in [-0.2, 0) is 22.7 Å². The molecule has 152 valence electrons. The Balaban J connectivity index is -0.000000384. The van der Waals surface area contributed by atoms with Crippen LogP contribution in [0.2, 0.25) is 0 Å². The van der Waals surface area contributed by atoms with Crippen molar-refractivity contribution in [2.75, 3.05) is 0 Å². The third kappa shape index (κ3) is 15.6. The molecule has 0 fully saturated rings. The van der Waals surface area contributed by atoms with E-state index >= 15 is 0 Å². The zero-order chi connectivity index (χ0) is 17.9. The minimum absolute atomic E-state index is 0. The molecule has 2 aromatic carbocycles. The molecule has 0 unspecified atom stereocenters. The van der Waals surface area contributed by atoms with Crippen molar-refractivity contribution in [3.8, 4) is 0 Å². The van der Waals surface area contributed by atoms with Gasteiger partial charge in [-0.3, -0.25) is 9.59 Å². The van der Waals surface area contributed by atoms with Crippen molar-refractivity contribution in [3.05, 3.63) is 66.8 Å². The molecular weight excluding hydrogens is 562 g/mol. The lowest BCUT2D eigenvalue weighted by Crippen LogP contribution is -2.18. The first kappa shape index (κ1) is 30.6. The smallest absolute Gasteiger partial charge is 0.217 e. The lowest BCUT2D eigenvalue weighted by Gasteiger charge is -2.01. The van der Waals surface area contributed by atoms with Gasteiger partial charge >= 0.3 is 0 Å². The van der Waals surface area contributed by atoms with Crippen LogP contribution in [0.3, 0.4) is 0 Å². The van der Waals surface area contributed by atoms with E-state index in [9.17, 15) is 9.59 Å². The highest BCUT2D eigenvalue weighted by molar-refractivity contribution is 14.1. The summed E-state index contributed by atoms with van der Waals surface area (Å²) in [5.41, 5.74) is 2.26. The van der Waals surface area contributed by atoms with Crippen LogP contribution in [0.25, 0.3) is 0 Å². The third-order valence-electron chi connectivity index (χ3n) is 2.91. The van der Waals surface area contributed by atoms with Gasteiger partial charge in [0, 0.05) is 34.1 Å². The summed E-state index contributed by atoms with van der Waals surface area (Å²) in [4.78, 5) is 21.1. The van der Waals surface area contributed by atoms with Crippen LogP contribution >= 0.6 is 45.2 Å². The molecule has 0 atom stereocenters. The highest BCUT2D eigenvalue weighted by Crippen LogP contribution is 2.06. The predicted molar refractivity (Wildman–Crippen MR) is 134 cm³/mol. The Bertz CT molecular complexity index is 597. The molecule has 0 aliphatic carbocycles. The second kappa shape index (κ2) is 17.0. The van der Waals surface area contributed by atoms with Gasteiger partial charge in [0.05, 0.1) is 0 Å². The van der Waals surface area contributed by atoms with Gasteiger partial charge in [-0.2, -0.15) is 0 Å². The van der Waals surface area contributed by atoms with Crippen LogP contribution in [-0.4, -0.2) is 11.8 Å². The molecule has 0 saturated heterocycles. The Hall–Kier alpha value is -1.16. The minimum atomic E-state index is 0. The molecule has 2 N–H and O–H groups in total. The molecule has 2 rings (SSSR count). The maximum atomic E-state index is 10.6. The van der Waals surface area contributed by atoms with E-state index in [-0.39, 0.29) is 34.1 Å². The zero-order valence-corrected chi connectivity index (χ0v) is 17.9. The zero-order valence-electron chi connectivity index (χ0n) is 13.6. The van der Waals surface area contributed by atoms with E-state index in [0.717, 1.165) is 11.1 Å². The van der Waals surface area contributed by atoms with Crippen LogP contribution in [0.5, 0.6) is 0 Å². The summed E-state index contributed by atoms with van der Waals surface area (Å²) in [5, 5.41) is 5.48. The molecule has 2 aromatic rings. The number of carbonyl (C=O) groups excluding carboxylic acids is 2. The van der Waals surface area contributed by atoms with Crippen molar-refractivity contribution in [2.45, 2.75) is 49.2 Å². The van der Waals surface area contributed by atoms with Gasteiger partial charge in [-0.05, 0) is 80.6 Å². The fourth-order valence-corrected chi connectivity index (χ4v) is 2.38. The average molecular weight is 594 g/mol. The van der Waals surface area contributed by atoms with Crippen molar-refractivity contribution in [1.29, 1.82) is 0 Å². The summed E-state index contributed by atoms with van der Waals surface area (Å²) in [6, 6.07) is 16.1. The third-order valence-corrected chi connectivity index (χ3v) is 4.35. The first-order valence-corrected chi connectivity index (χ1v) is 9.50. The molecule has 27 heavy (non-hydrogen) atoms. The van der Waals surface area contributed by atoms with Gasteiger partial charge < -0.3 is 10.6 Å². The Kier molecular flexibility index (Phi) is 19.2. The number of hydrogen-bond donors (Lipinski definition) is 2. The van der Waals surface area contributed by atoms with Gasteiger partial charge in [0.15, 0.2) is 0 Å². The summed E-state index contributed by atoms with van der Waals surface area (Å²) < 4.78 is 2.42. The largest absolute Gasteiger partial charge is 0.352 e. The van der Waals surface area contributed by atoms with Crippen LogP contribution in [0.1, 0.15) is 47.3 Å². The Labute approximate surface area is 192 Å². The average Bonchev–Trinajstić information content (AvgIpc) is 2.54. The monoisotopic (exact) mass is 594 g/mol. The second-order valence-corrected chi connectivity index (χ2v) is 7.56. The van der Waals surface area contributed by atoms with Crippen LogP contribution in [0.15, 0.2) is 48.5 Å². The normalized spacial score (nSPS) is 8.44. The molecule has 6 heteroatoms. The summed E-state index contributed by atoms with van der Waals surface area (Å²) in [6.07, 6.45) is 0. The number of carbonyl (C=O) groups is 2. The topological polar surface area (TPSA) is 58.2 Å². The van der Waals surface area contributed by atoms with Crippen LogP contribution in [0.4, 0.5) is 0 Å². The van der Waals surface area contributed by atoms with Gasteiger partial charge in [-0.1, -0.05) is 46.5 Å². The molecule has 0 saturated carbocycles. The number of nitrogens with one attached hydrogen (secondary N) is 2. The molecule has 0 spiro atoms. The lowest BCUT2D eigenvalue weighted by molar-refractivity contribution is -0.120. The van der Waals surface area contributed by atoms with E-state index in [1.165, 1.54) is 21.0 Å². The van der Waals surface area contributed by atoms with Crippen molar-refractivity contribution in [3.63, 3.8) is 0 Å². The molecule has 4 nitrogen and oxygen atoms in total. The molecule has 0 aliphatic rings. The standard InChI is InChI=1S/2C9H10INO.3CH4/c2*1-7(12)11-6-8-2-4-9(10)5-3-8;;;/h2*2-5H,6H2,1H3,(H,11,12);3*1H4/i10-4;;;;. The second-order valence-electron chi connectivity index (χ2n) is 5.07. The van der Waals surface area contributed by atoms with E-state index in [0.29, 0.717) is 13.1 Å². The maximum Gasteiger partial charge on any atom is 0.217 e. The number of benzene rings is 2. The highest BCUT2D eigenvalue weighted by Gasteiger charge is 1.94. The summed E-state index contributed by atoms with van der Waals surface area (Å²) >= 11 is 4.50. The fourth-order valence-electron chi connectivity index (χ4n) is 1.66. The van der Waals surface area contributed by atoms with E-state index in [1.54, 1.807) is 0 Å². The number of halogens is 2. The van der Waals surface area contributed by atoms with Crippen LogP contribution < -0.4 is 10.6 Å². The Morgan fingerprint density at radius 3 is 1.44 bits per heavy atom. The molecular formula is C21H32I2N2O2. The van der Waals surface area contributed by atoms with Gasteiger partial charge in [0.2, 0.25) is 11.8 Å². The Morgan fingerprint density at radius 2 is 1.11 bits per heavy atom. The SMILES string of the molecule is C.C.C.CC(=O)NCc1ccc(I)cc1.CC(=O)NCc1ccc([123I])cc1. The van der Waals surface area contributed by atoms with Gasteiger partial charge in [-0.15, -0.1) is 0 Å². The lowest BCUT2D eigenvalue weighted by atomic mass is 10.2. The van der Waals surface area contributed by atoms with Crippen molar-refractivity contribution < 1.29 is 9.59 Å². The van der Waals surface area contributed by atoms with Gasteiger partial charge in [0.1, 0.15) is 0 Å². The summed E-state index contributed by atoms with van der Waals surface area (Å²) in [5.74, 6) is 0.0158.